The summed E-state index contributed by atoms with van der Waals surface area (Å²) in [5.41, 5.74) is 0. The lowest BCUT2D eigenvalue weighted by Crippen LogP contribution is -2.32. The Hall–Kier alpha value is -1.50. The van der Waals surface area contributed by atoms with Gasteiger partial charge in [0.05, 0.1) is 19.7 Å². The number of hydrogen-bond acceptors (Lipinski definition) is 6. The van der Waals surface area contributed by atoms with Crippen LogP contribution in [0.2, 0.25) is 0 Å². The average Bonchev–Trinajstić information content (AvgIpc) is 2.84. The van der Waals surface area contributed by atoms with E-state index in [1.807, 2.05) is 16.5 Å². The standard InChI is InChI=1S/C13H25N5O2/c1-4-7-9-18-12(14-15-16-18)10-17(8-5-2)11-13(19)20-6-3/h4-11H2,1-3H3. The van der Waals surface area contributed by atoms with Crippen LogP contribution < -0.4 is 0 Å². The zero-order valence-corrected chi connectivity index (χ0v) is 12.7. The highest BCUT2D eigenvalue weighted by molar-refractivity contribution is 5.71. The van der Waals surface area contributed by atoms with Crippen LogP contribution in [0.5, 0.6) is 0 Å². The minimum atomic E-state index is -0.200. The van der Waals surface area contributed by atoms with Gasteiger partial charge in [-0.15, -0.1) is 5.10 Å². The Morgan fingerprint density at radius 2 is 2.10 bits per heavy atom. The molecule has 0 spiro atoms. The van der Waals surface area contributed by atoms with Gasteiger partial charge in [0.1, 0.15) is 0 Å². The topological polar surface area (TPSA) is 73.1 Å². The Bertz CT molecular complexity index is 394. The molecule has 0 bridgehead atoms. The molecule has 114 valence electrons. The van der Waals surface area contributed by atoms with Crippen LogP contribution in [0.25, 0.3) is 0 Å². The van der Waals surface area contributed by atoms with Crippen molar-refractivity contribution in [3.63, 3.8) is 0 Å². The summed E-state index contributed by atoms with van der Waals surface area (Å²) in [7, 11) is 0. The number of carbonyl (C=O) groups is 1. The maximum atomic E-state index is 11.6. The van der Waals surface area contributed by atoms with Crippen LogP contribution in [-0.4, -0.2) is 50.8 Å². The first-order valence-electron chi connectivity index (χ1n) is 7.34. The van der Waals surface area contributed by atoms with Gasteiger partial charge in [-0.3, -0.25) is 9.69 Å². The van der Waals surface area contributed by atoms with Crippen molar-refractivity contribution in [3.8, 4) is 0 Å². The second-order valence-electron chi connectivity index (χ2n) is 4.69. The molecule has 0 aliphatic heterocycles. The SMILES string of the molecule is CCCCn1nnnc1CN(CCC)CC(=O)OCC. The average molecular weight is 283 g/mol. The third kappa shape index (κ3) is 5.64. The van der Waals surface area contributed by atoms with E-state index in [0.717, 1.165) is 38.2 Å². The van der Waals surface area contributed by atoms with E-state index in [1.54, 1.807) is 0 Å². The maximum absolute atomic E-state index is 11.6. The number of hydrogen-bond donors (Lipinski definition) is 0. The second-order valence-corrected chi connectivity index (χ2v) is 4.69. The molecule has 0 aliphatic rings. The molecule has 0 unspecified atom stereocenters. The molecule has 1 heterocycles. The Kier molecular flexibility index (Phi) is 7.79. The van der Waals surface area contributed by atoms with Gasteiger partial charge in [-0.2, -0.15) is 0 Å². The summed E-state index contributed by atoms with van der Waals surface area (Å²) in [5.74, 6) is 0.602. The van der Waals surface area contributed by atoms with Crippen molar-refractivity contribution in [2.24, 2.45) is 0 Å². The van der Waals surface area contributed by atoms with E-state index in [2.05, 4.69) is 29.4 Å². The monoisotopic (exact) mass is 283 g/mol. The molecule has 0 amide bonds. The number of aromatic nitrogens is 4. The van der Waals surface area contributed by atoms with Crippen LogP contribution >= 0.6 is 0 Å². The highest BCUT2D eigenvalue weighted by Crippen LogP contribution is 2.03. The molecule has 0 radical (unpaired) electrons. The Morgan fingerprint density at radius 3 is 2.75 bits per heavy atom. The summed E-state index contributed by atoms with van der Waals surface area (Å²) >= 11 is 0. The van der Waals surface area contributed by atoms with Crippen molar-refractivity contribution >= 4 is 5.97 Å². The van der Waals surface area contributed by atoms with Crippen molar-refractivity contribution in [2.75, 3.05) is 19.7 Å². The molecule has 20 heavy (non-hydrogen) atoms. The fraction of sp³-hybridized carbons (Fsp3) is 0.846. The van der Waals surface area contributed by atoms with E-state index in [4.69, 9.17) is 4.74 Å². The molecule has 0 atom stereocenters. The predicted octanol–water partition coefficient (Wildman–Crippen LogP) is 1.25. The van der Waals surface area contributed by atoms with Crippen molar-refractivity contribution in [1.82, 2.24) is 25.1 Å². The highest BCUT2D eigenvalue weighted by Gasteiger charge is 2.15. The van der Waals surface area contributed by atoms with Crippen molar-refractivity contribution in [2.45, 2.75) is 53.1 Å². The van der Waals surface area contributed by atoms with E-state index in [9.17, 15) is 4.79 Å². The lowest BCUT2D eigenvalue weighted by Gasteiger charge is -2.19. The first-order chi connectivity index (χ1) is 9.71. The maximum Gasteiger partial charge on any atom is 0.320 e. The summed E-state index contributed by atoms with van der Waals surface area (Å²) in [5, 5.41) is 11.8. The molecular weight excluding hydrogens is 258 g/mol. The Morgan fingerprint density at radius 1 is 1.30 bits per heavy atom. The van der Waals surface area contributed by atoms with Gasteiger partial charge in [0.15, 0.2) is 5.82 Å². The highest BCUT2D eigenvalue weighted by atomic mass is 16.5. The first-order valence-corrected chi connectivity index (χ1v) is 7.34. The second kappa shape index (κ2) is 9.41. The van der Waals surface area contributed by atoms with Gasteiger partial charge in [0, 0.05) is 6.54 Å². The third-order valence-corrected chi connectivity index (χ3v) is 2.89. The normalized spacial score (nSPS) is 11.0. The zero-order valence-electron chi connectivity index (χ0n) is 12.7. The number of rotatable bonds is 10. The van der Waals surface area contributed by atoms with Crippen LogP contribution in [0.3, 0.4) is 0 Å². The lowest BCUT2D eigenvalue weighted by atomic mass is 10.3. The van der Waals surface area contributed by atoms with Crippen LogP contribution in [0.1, 0.15) is 45.9 Å². The lowest BCUT2D eigenvalue weighted by molar-refractivity contribution is -0.144. The van der Waals surface area contributed by atoms with Gasteiger partial charge in [-0.1, -0.05) is 20.3 Å². The zero-order chi connectivity index (χ0) is 14.8. The van der Waals surface area contributed by atoms with Crippen molar-refractivity contribution in [3.05, 3.63) is 5.82 Å². The third-order valence-electron chi connectivity index (χ3n) is 2.89. The summed E-state index contributed by atoms with van der Waals surface area (Å²) in [4.78, 5) is 13.6. The number of unbranched alkanes of at least 4 members (excludes halogenated alkanes) is 1. The van der Waals surface area contributed by atoms with E-state index in [1.165, 1.54) is 0 Å². The van der Waals surface area contributed by atoms with Crippen LogP contribution in [-0.2, 0) is 22.6 Å². The first kappa shape index (κ1) is 16.6. The summed E-state index contributed by atoms with van der Waals surface area (Å²) in [6.07, 6.45) is 3.11. The smallest absolute Gasteiger partial charge is 0.320 e. The van der Waals surface area contributed by atoms with E-state index in [-0.39, 0.29) is 12.5 Å². The molecule has 0 aromatic carbocycles. The molecule has 0 aliphatic carbocycles. The molecule has 1 aromatic heterocycles. The summed E-state index contributed by atoms with van der Waals surface area (Å²) in [6, 6.07) is 0. The minimum absolute atomic E-state index is 0.200. The molecular formula is C13H25N5O2. The van der Waals surface area contributed by atoms with Gasteiger partial charge in [-0.05, 0) is 36.7 Å². The molecule has 0 saturated carbocycles. The van der Waals surface area contributed by atoms with E-state index >= 15 is 0 Å². The number of tetrazole rings is 1. The van der Waals surface area contributed by atoms with Gasteiger partial charge < -0.3 is 4.74 Å². The fourth-order valence-electron chi connectivity index (χ4n) is 1.94. The number of nitrogens with zero attached hydrogens (tertiary/aromatic N) is 5. The molecule has 7 heteroatoms. The fourth-order valence-corrected chi connectivity index (χ4v) is 1.94. The number of aryl methyl sites for hydroxylation is 1. The van der Waals surface area contributed by atoms with Gasteiger partial charge in [0.2, 0.25) is 0 Å². The van der Waals surface area contributed by atoms with Gasteiger partial charge in [0.25, 0.3) is 0 Å². The number of carbonyl (C=O) groups excluding carboxylic acids is 1. The van der Waals surface area contributed by atoms with E-state index < -0.39 is 0 Å². The van der Waals surface area contributed by atoms with Crippen LogP contribution in [0.4, 0.5) is 0 Å². The Labute approximate surface area is 120 Å². The van der Waals surface area contributed by atoms with Crippen LogP contribution in [0, 0.1) is 0 Å². The molecule has 1 rings (SSSR count). The summed E-state index contributed by atoms with van der Waals surface area (Å²) < 4.78 is 6.81. The van der Waals surface area contributed by atoms with Gasteiger partial charge in [-0.25, -0.2) is 4.68 Å². The number of esters is 1. The van der Waals surface area contributed by atoms with Crippen LogP contribution in [0.15, 0.2) is 0 Å². The molecule has 7 nitrogen and oxygen atoms in total. The molecule has 1 aromatic rings. The molecule has 0 saturated heterocycles. The van der Waals surface area contributed by atoms with Gasteiger partial charge >= 0.3 is 5.97 Å². The number of ether oxygens (including phenoxy) is 1. The minimum Gasteiger partial charge on any atom is -0.465 e. The largest absolute Gasteiger partial charge is 0.465 e. The molecule has 0 N–H and O–H groups in total. The quantitative estimate of drug-likeness (QED) is 0.602. The predicted molar refractivity (Wildman–Crippen MR) is 74.9 cm³/mol. The Balaban J connectivity index is 2.60. The van der Waals surface area contributed by atoms with Crippen molar-refractivity contribution in [1.29, 1.82) is 0 Å². The van der Waals surface area contributed by atoms with Crippen molar-refractivity contribution < 1.29 is 9.53 Å². The summed E-state index contributed by atoms with van der Waals surface area (Å²) in [6.45, 7) is 8.93. The molecule has 0 fully saturated rings. The van der Waals surface area contributed by atoms with E-state index in [0.29, 0.717) is 13.2 Å².